The van der Waals surface area contributed by atoms with Crippen LogP contribution in [-0.4, -0.2) is 19.3 Å². The van der Waals surface area contributed by atoms with Crippen LogP contribution in [0.1, 0.15) is 0 Å². The van der Waals surface area contributed by atoms with E-state index in [0.717, 1.165) is 0 Å². The standard InChI is InChI=1S/C9H9ClFNO/c10-8-2-1-6(11)3-9(8)12-7-4-13-5-7/h1-3,7,12H,4-5H2. The molecule has 1 saturated heterocycles. The van der Waals surface area contributed by atoms with Crippen molar-refractivity contribution in [2.24, 2.45) is 0 Å². The molecule has 0 bridgehead atoms. The summed E-state index contributed by atoms with van der Waals surface area (Å²) in [5, 5.41) is 3.63. The van der Waals surface area contributed by atoms with Gasteiger partial charge in [0.2, 0.25) is 0 Å². The average Bonchev–Trinajstić information content (AvgIpc) is 2.03. The predicted molar refractivity (Wildman–Crippen MR) is 49.6 cm³/mol. The first-order valence-electron chi connectivity index (χ1n) is 4.05. The van der Waals surface area contributed by atoms with Crippen LogP contribution in [0, 0.1) is 5.82 Å². The zero-order valence-electron chi connectivity index (χ0n) is 6.89. The van der Waals surface area contributed by atoms with Gasteiger partial charge in [-0.05, 0) is 18.2 Å². The number of ether oxygens (including phenoxy) is 1. The molecule has 1 heterocycles. The van der Waals surface area contributed by atoms with Crippen molar-refractivity contribution in [3.8, 4) is 0 Å². The third-order valence-electron chi connectivity index (χ3n) is 1.93. The topological polar surface area (TPSA) is 21.3 Å². The van der Waals surface area contributed by atoms with E-state index >= 15 is 0 Å². The highest BCUT2D eigenvalue weighted by molar-refractivity contribution is 6.33. The average molecular weight is 202 g/mol. The van der Waals surface area contributed by atoms with Crippen LogP contribution in [0.3, 0.4) is 0 Å². The fourth-order valence-electron chi connectivity index (χ4n) is 1.15. The van der Waals surface area contributed by atoms with Crippen molar-refractivity contribution in [3.63, 3.8) is 0 Å². The summed E-state index contributed by atoms with van der Waals surface area (Å²) in [7, 11) is 0. The summed E-state index contributed by atoms with van der Waals surface area (Å²) < 4.78 is 17.8. The third kappa shape index (κ3) is 1.92. The van der Waals surface area contributed by atoms with Crippen molar-refractivity contribution < 1.29 is 9.13 Å². The molecule has 70 valence electrons. The molecule has 1 aliphatic heterocycles. The van der Waals surface area contributed by atoms with Crippen molar-refractivity contribution in [2.45, 2.75) is 6.04 Å². The second-order valence-corrected chi connectivity index (χ2v) is 3.41. The number of benzene rings is 1. The second-order valence-electron chi connectivity index (χ2n) is 3.00. The van der Waals surface area contributed by atoms with Crippen LogP contribution in [0.15, 0.2) is 18.2 Å². The van der Waals surface area contributed by atoms with Crippen molar-refractivity contribution in [1.82, 2.24) is 0 Å². The Bertz CT molecular complexity index is 314. The fraction of sp³-hybridized carbons (Fsp3) is 0.333. The van der Waals surface area contributed by atoms with Crippen LogP contribution in [0.5, 0.6) is 0 Å². The van der Waals surface area contributed by atoms with Crippen molar-refractivity contribution in [1.29, 1.82) is 0 Å². The van der Waals surface area contributed by atoms with E-state index < -0.39 is 0 Å². The molecule has 0 radical (unpaired) electrons. The van der Waals surface area contributed by atoms with Gasteiger partial charge in [-0.25, -0.2) is 4.39 Å². The monoisotopic (exact) mass is 201 g/mol. The van der Waals surface area contributed by atoms with Gasteiger partial charge >= 0.3 is 0 Å². The molecule has 0 unspecified atom stereocenters. The number of rotatable bonds is 2. The normalized spacial score (nSPS) is 16.8. The molecule has 1 aromatic rings. The molecule has 1 aliphatic rings. The molecule has 0 saturated carbocycles. The minimum absolute atomic E-state index is 0.263. The number of nitrogens with one attached hydrogen (secondary N) is 1. The predicted octanol–water partition coefficient (Wildman–Crippen LogP) is 2.29. The zero-order chi connectivity index (χ0) is 9.26. The summed E-state index contributed by atoms with van der Waals surface area (Å²) in [4.78, 5) is 0. The van der Waals surface area contributed by atoms with Gasteiger partial charge in [0.05, 0.1) is 30.0 Å². The molecular weight excluding hydrogens is 193 g/mol. The van der Waals surface area contributed by atoms with Gasteiger partial charge in [0.25, 0.3) is 0 Å². The van der Waals surface area contributed by atoms with Crippen LogP contribution in [0.2, 0.25) is 5.02 Å². The summed E-state index contributed by atoms with van der Waals surface area (Å²) in [5.41, 5.74) is 0.634. The minimum atomic E-state index is -0.285. The molecular formula is C9H9ClFNO. The van der Waals surface area contributed by atoms with E-state index in [1.807, 2.05) is 0 Å². The van der Waals surface area contributed by atoms with Crippen molar-refractivity contribution >= 4 is 17.3 Å². The first kappa shape index (κ1) is 8.78. The zero-order valence-corrected chi connectivity index (χ0v) is 7.64. The first-order chi connectivity index (χ1) is 6.25. The maximum Gasteiger partial charge on any atom is 0.125 e. The summed E-state index contributed by atoms with van der Waals surface area (Å²) in [6, 6.07) is 4.53. The summed E-state index contributed by atoms with van der Waals surface area (Å²) >= 11 is 5.85. The maximum atomic E-state index is 12.8. The molecule has 1 fully saturated rings. The molecule has 1 N–H and O–H groups in total. The smallest absolute Gasteiger partial charge is 0.125 e. The van der Waals surface area contributed by atoms with Crippen LogP contribution in [0.4, 0.5) is 10.1 Å². The molecule has 4 heteroatoms. The van der Waals surface area contributed by atoms with Gasteiger partial charge in [-0.3, -0.25) is 0 Å². The van der Waals surface area contributed by atoms with Crippen LogP contribution in [-0.2, 0) is 4.74 Å². The van der Waals surface area contributed by atoms with Gasteiger partial charge in [-0.15, -0.1) is 0 Å². The molecule has 0 amide bonds. The van der Waals surface area contributed by atoms with E-state index in [9.17, 15) is 4.39 Å². The molecule has 13 heavy (non-hydrogen) atoms. The molecule has 0 atom stereocenters. The molecule has 2 rings (SSSR count). The molecule has 0 aliphatic carbocycles. The highest BCUT2D eigenvalue weighted by atomic mass is 35.5. The van der Waals surface area contributed by atoms with Crippen LogP contribution >= 0.6 is 11.6 Å². The van der Waals surface area contributed by atoms with Gasteiger partial charge in [0.1, 0.15) is 5.82 Å². The number of halogens is 2. The Labute approximate surface area is 80.7 Å². The molecule has 2 nitrogen and oxygen atoms in total. The minimum Gasteiger partial charge on any atom is -0.377 e. The largest absolute Gasteiger partial charge is 0.377 e. The van der Waals surface area contributed by atoms with Gasteiger partial charge < -0.3 is 10.1 Å². The number of hydrogen-bond acceptors (Lipinski definition) is 2. The van der Waals surface area contributed by atoms with Crippen LogP contribution < -0.4 is 5.32 Å². The highest BCUT2D eigenvalue weighted by Gasteiger charge is 2.18. The van der Waals surface area contributed by atoms with Crippen LogP contribution in [0.25, 0.3) is 0 Å². The lowest BCUT2D eigenvalue weighted by molar-refractivity contribution is 0.0211. The summed E-state index contributed by atoms with van der Waals surface area (Å²) in [5.74, 6) is -0.285. The lowest BCUT2D eigenvalue weighted by Gasteiger charge is -2.28. The Morgan fingerprint density at radius 2 is 2.23 bits per heavy atom. The Morgan fingerprint density at radius 1 is 1.46 bits per heavy atom. The van der Waals surface area contributed by atoms with E-state index in [0.29, 0.717) is 23.9 Å². The lowest BCUT2D eigenvalue weighted by atomic mass is 10.2. The lowest BCUT2D eigenvalue weighted by Crippen LogP contribution is -2.40. The molecule has 1 aromatic carbocycles. The van der Waals surface area contributed by atoms with E-state index in [1.165, 1.54) is 12.1 Å². The first-order valence-corrected chi connectivity index (χ1v) is 4.43. The molecule has 0 spiro atoms. The third-order valence-corrected chi connectivity index (χ3v) is 2.26. The summed E-state index contributed by atoms with van der Waals surface area (Å²) in [6.07, 6.45) is 0. The van der Waals surface area contributed by atoms with Crippen molar-refractivity contribution in [2.75, 3.05) is 18.5 Å². The quantitative estimate of drug-likeness (QED) is 0.793. The Hall–Kier alpha value is -0.800. The summed E-state index contributed by atoms with van der Waals surface area (Å²) in [6.45, 7) is 1.32. The fourth-order valence-corrected chi connectivity index (χ4v) is 1.32. The number of hydrogen-bond donors (Lipinski definition) is 1. The van der Waals surface area contributed by atoms with Gasteiger partial charge in [0, 0.05) is 0 Å². The second kappa shape index (κ2) is 3.52. The Morgan fingerprint density at radius 3 is 2.85 bits per heavy atom. The van der Waals surface area contributed by atoms with E-state index in [1.54, 1.807) is 6.07 Å². The Kier molecular flexibility index (Phi) is 2.38. The molecule has 0 aromatic heterocycles. The van der Waals surface area contributed by atoms with Gasteiger partial charge in [-0.1, -0.05) is 11.6 Å². The van der Waals surface area contributed by atoms with E-state index in [2.05, 4.69) is 5.32 Å². The SMILES string of the molecule is Fc1ccc(Cl)c(NC2COC2)c1. The number of anilines is 1. The highest BCUT2D eigenvalue weighted by Crippen LogP contribution is 2.24. The van der Waals surface area contributed by atoms with Gasteiger partial charge in [-0.2, -0.15) is 0 Å². The van der Waals surface area contributed by atoms with Crippen molar-refractivity contribution in [3.05, 3.63) is 29.0 Å². The van der Waals surface area contributed by atoms with E-state index in [4.69, 9.17) is 16.3 Å². The van der Waals surface area contributed by atoms with E-state index in [-0.39, 0.29) is 11.9 Å². The maximum absolute atomic E-state index is 12.8. The van der Waals surface area contributed by atoms with Gasteiger partial charge in [0.15, 0.2) is 0 Å². The Balaban J connectivity index is 2.13.